The maximum atomic E-state index is 5.35. The lowest BCUT2D eigenvalue weighted by atomic mass is 9.87. The van der Waals surface area contributed by atoms with E-state index in [9.17, 15) is 0 Å². The van der Waals surface area contributed by atoms with Crippen LogP contribution in [-0.2, 0) is 18.3 Å². The lowest BCUT2D eigenvalue weighted by Gasteiger charge is -2.18. The van der Waals surface area contributed by atoms with Gasteiger partial charge in [-0.3, -0.25) is 5.10 Å². The summed E-state index contributed by atoms with van der Waals surface area (Å²) in [5, 5.41) is 19.3. The smallest absolute Gasteiger partial charge is 0.216 e. The van der Waals surface area contributed by atoms with Gasteiger partial charge in [0.05, 0.1) is 6.21 Å². The van der Waals surface area contributed by atoms with Crippen molar-refractivity contribution in [2.45, 2.75) is 45.4 Å². The first-order valence-corrected chi connectivity index (χ1v) is 9.23. The van der Waals surface area contributed by atoms with Crippen LogP contribution in [0.15, 0.2) is 29.4 Å². The summed E-state index contributed by atoms with van der Waals surface area (Å²) < 4.78 is 2.10. The van der Waals surface area contributed by atoms with Gasteiger partial charge in [0.1, 0.15) is 5.69 Å². The molecule has 7 heteroatoms. The molecule has 0 aliphatic heterocycles. The molecule has 0 radical (unpaired) electrons. The van der Waals surface area contributed by atoms with Gasteiger partial charge in [-0.2, -0.15) is 20.0 Å². The SMILES string of the molecule is CC(C)(C)c1ccc(/C=N/n2c(-c3n[nH]c4c3CCC4)n[nH]c2=S)cc1. The fraction of sp³-hybridized carbons (Fsp3) is 0.368. The fourth-order valence-corrected chi connectivity index (χ4v) is 3.43. The van der Waals surface area contributed by atoms with Crippen LogP contribution in [0.25, 0.3) is 11.5 Å². The van der Waals surface area contributed by atoms with Gasteiger partial charge >= 0.3 is 0 Å². The minimum Gasteiger partial charge on any atom is -0.282 e. The summed E-state index contributed by atoms with van der Waals surface area (Å²) in [6.07, 6.45) is 5.00. The maximum absolute atomic E-state index is 5.35. The largest absolute Gasteiger partial charge is 0.282 e. The summed E-state index contributed by atoms with van der Waals surface area (Å²) in [6, 6.07) is 8.41. The summed E-state index contributed by atoms with van der Waals surface area (Å²) in [4.78, 5) is 0. The van der Waals surface area contributed by atoms with Crippen LogP contribution in [0.5, 0.6) is 0 Å². The van der Waals surface area contributed by atoms with Crippen molar-refractivity contribution >= 4 is 18.4 Å². The normalized spacial score (nSPS) is 14.3. The van der Waals surface area contributed by atoms with Crippen molar-refractivity contribution in [2.75, 3.05) is 0 Å². The fourth-order valence-electron chi connectivity index (χ4n) is 3.25. The van der Waals surface area contributed by atoms with Crippen molar-refractivity contribution in [1.82, 2.24) is 25.1 Å². The third-order valence-corrected chi connectivity index (χ3v) is 5.03. The Hall–Kier alpha value is -2.54. The number of aryl methyl sites for hydroxylation is 1. The van der Waals surface area contributed by atoms with Crippen molar-refractivity contribution in [3.05, 3.63) is 51.4 Å². The van der Waals surface area contributed by atoms with E-state index in [1.807, 2.05) is 0 Å². The van der Waals surface area contributed by atoms with Crippen molar-refractivity contribution in [1.29, 1.82) is 0 Å². The molecule has 0 saturated heterocycles. The van der Waals surface area contributed by atoms with E-state index in [1.165, 1.54) is 16.8 Å². The number of fused-ring (bicyclic) bond motifs is 1. The maximum Gasteiger partial charge on any atom is 0.216 e. The standard InChI is InChI=1S/C19H22N6S/c1-19(2,3)13-9-7-12(8-10-13)11-20-25-17(23-24-18(25)26)16-14-5-4-6-15(14)21-22-16/h7-11H,4-6H2,1-3H3,(H,21,22)(H,24,26)/b20-11+. The van der Waals surface area contributed by atoms with Crippen LogP contribution in [0.1, 0.15) is 49.6 Å². The number of benzene rings is 1. The van der Waals surface area contributed by atoms with Gasteiger partial charge in [0, 0.05) is 11.3 Å². The van der Waals surface area contributed by atoms with Crippen LogP contribution in [-0.4, -0.2) is 31.3 Å². The summed E-state index contributed by atoms with van der Waals surface area (Å²) in [5.74, 6) is 0.650. The average Bonchev–Trinajstić information content (AvgIpc) is 3.28. The first-order chi connectivity index (χ1) is 12.4. The van der Waals surface area contributed by atoms with Crippen molar-refractivity contribution in [2.24, 2.45) is 5.10 Å². The third kappa shape index (κ3) is 3.03. The Labute approximate surface area is 157 Å². The molecule has 134 valence electrons. The predicted molar refractivity (Wildman–Crippen MR) is 105 cm³/mol. The molecule has 0 atom stereocenters. The van der Waals surface area contributed by atoms with E-state index < -0.39 is 0 Å². The van der Waals surface area contributed by atoms with Crippen LogP contribution in [0.3, 0.4) is 0 Å². The van der Waals surface area contributed by atoms with Crippen LogP contribution >= 0.6 is 12.2 Å². The van der Waals surface area contributed by atoms with E-state index >= 15 is 0 Å². The van der Waals surface area contributed by atoms with Gasteiger partial charge in [0.15, 0.2) is 0 Å². The number of nitrogens with one attached hydrogen (secondary N) is 2. The Kier molecular flexibility index (Phi) is 4.11. The number of aromatic amines is 2. The molecule has 1 aliphatic rings. The number of nitrogens with zero attached hydrogens (tertiary/aromatic N) is 4. The van der Waals surface area contributed by atoms with E-state index in [2.05, 4.69) is 70.5 Å². The minimum absolute atomic E-state index is 0.135. The summed E-state index contributed by atoms with van der Waals surface area (Å²) in [5.41, 5.74) is 5.70. The van der Waals surface area contributed by atoms with E-state index in [0.29, 0.717) is 10.6 Å². The minimum atomic E-state index is 0.135. The molecule has 0 spiro atoms. The van der Waals surface area contributed by atoms with E-state index in [-0.39, 0.29) is 5.41 Å². The van der Waals surface area contributed by atoms with Crippen molar-refractivity contribution in [3.8, 4) is 11.5 Å². The highest BCUT2D eigenvalue weighted by Gasteiger charge is 2.23. The molecule has 0 amide bonds. The zero-order valence-electron chi connectivity index (χ0n) is 15.2. The topological polar surface area (TPSA) is 74.7 Å². The number of hydrogen-bond donors (Lipinski definition) is 2. The summed E-state index contributed by atoms with van der Waals surface area (Å²) >= 11 is 5.35. The predicted octanol–water partition coefficient (Wildman–Crippen LogP) is 4.00. The number of hydrogen-bond acceptors (Lipinski definition) is 4. The molecule has 0 bridgehead atoms. The second-order valence-electron chi connectivity index (χ2n) is 7.66. The molecule has 1 aromatic carbocycles. The molecular weight excluding hydrogens is 344 g/mol. The highest BCUT2D eigenvalue weighted by Crippen LogP contribution is 2.29. The Morgan fingerprint density at radius 3 is 2.62 bits per heavy atom. The van der Waals surface area contributed by atoms with Gasteiger partial charge in [-0.15, -0.1) is 0 Å². The Morgan fingerprint density at radius 2 is 1.88 bits per heavy atom. The van der Waals surface area contributed by atoms with E-state index in [0.717, 1.165) is 30.5 Å². The Morgan fingerprint density at radius 1 is 1.12 bits per heavy atom. The second kappa shape index (κ2) is 6.32. The Balaban J connectivity index is 1.66. The molecule has 26 heavy (non-hydrogen) atoms. The molecule has 0 saturated carbocycles. The lowest BCUT2D eigenvalue weighted by molar-refractivity contribution is 0.590. The third-order valence-electron chi connectivity index (χ3n) is 4.77. The number of rotatable bonds is 3. The molecule has 2 aromatic heterocycles. The van der Waals surface area contributed by atoms with Crippen LogP contribution in [0.4, 0.5) is 0 Å². The van der Waals surface area contributed by atoms with E-state index in [1.54, 1.807) is 10.9 Å². The van der Waals surface area contributed by atoms with Crippen LogP contribution < -0.4 is 0 Å². The molecule has 1 aliphatic carbocycles. The van der Waals surface area contributed by atoms with Gasteiger partial charge in [-0.25, -0.2) is 5.10 Å². The molecule has 0 fully saturated rings. The molecule has 2 N–H and O–H groups in total. The van der Waals surface area contributed by atoms with Gasteiger partial charge in [0.2, 0.25) is 10.6 Å². The highest BCUT2D eigenvalue weighted by molar-refractivity contribution is 7.71. The molecule has 3 aromatic rings. The first-order valence-electron chi connectivity index (χ1n) is 8.82. The average molecular weight is 366 g/mol. The van der Waals surface area contributed by atoms with Gasteiger partial charge in [0.25, 0.3) is 0 Å². The van der Waals surface area contributed by atoms with Crippen molar-refractivity contribution < 1.29 is 0 Å². The zero-order chi connectivity index (χ0) is 18.3. The quantitative estimate of drug-likeness (QED) is 0.543. The molecule has 0 unspecified atom stereocenters. The second-order valence-corrected chi connectivity index (χ2v) is 8.05. The monoisotopic (exact) mass is 366 g/mol. The highest BCUT2D eigenvalue weighted by atomic mass is 32.1. The van der Waals surface area contributed by atoms with Crippen LogP contribution in [0, 0.1) is 4.77 Å². The lowest BCUT2D eigenvalue weighted by Crippen LogP contribution is -2.10. The Bertz CT molecular complexity index is 1010. The molecule has 4 rings (SSSR count). The molecule has 2 heterocycles. The zero-order valence-corrected chi connectivity index (χ0v) is 16.0. The number of aromatic nitrogens is 5. The first kappa shape index (κ1) is 16.9. The molecular formula is C19H22N6S. The van der Waals surface area contributed by atoms with Gasteiger partial charge in [-0.1, -0.05) is 45.0 Å². The van der Waals surface area contributed by atoms with Crippen LogP contribution in [0.2, 0.25) is 0 Å². The van der Waals surface area contributed by atoms with Crippen molar-refractivity contribution in [3.63, 3.8) is 0 Å². The van der Waals surface area contributed by atoms with E-state index in [4.69, 9.17) is 12.2 Å². The molecule has 6 nitrogen and oxygen atoms in total. The number of H-pyrrole nitrogens is 2. The summed E-state index contributed by atoms with van der Waals surface area (Å²) in [7, 11) is 0. The summed E-state index contributed by atoms with van der Waals surface area (Å²) in [6.45, 7) is 6.61. The van der Waals surface area contributed by atoms with Gasteiger partial charge < -0.3 is 0 Å². The van der Waals surface area contributed by atoms with Gasteiger partial charge in [-0.05, 0) is 48.0 Å².